The molecule has 1 aliphatic heterocycles. The second-order valence-corrected chi connectivity index (χ2v) is 4.64. The van der Waals surface area contributed by atoms with Crippen molar-refractivity contribution in [2.45, 2.75) is 24.8 Å². The van der Waals surface area contributed by atoms with Crippen LogP contribution >= 0.6 is 23.2 Å². The van der Waals surface area contributed by atoms with Gasteiger partial charge in [0.05, 0.1) is 11.1 Å². The van der Waals surface area contributed by atoms with Crippen molar-refractivity contribution in [1.29, 1.82) is 0 Å². The van der Waals surface area contributed by atoms with Crippen LogP contribution in [0.3, 0.4) is 0 Å². The number of rotatable bonds is 2. The highest BCUT2D eigenvalue weighted by Gasteiger charge is 2.26. The van der Waals surface area contributed by atoms with Gasteiger partial charge in [0, 0.05) is 17.0 Å². The normalized spacial score (nSPS) is 22.1. The fraction of sp³-hybridized carbons (Fsp3) is 0.364. The average molecular weight is 244 g/mol. The van der Waals surface area contributed by atoms with E-state index in [1.165, 1.54) is 0 Å². The van der Waals surface area contributed by atoms with Crippen LogP contribution in [0, 0.1) is 0 Å². The minimum atomic E-state index is -0.0475. The van der Waals surface area contributed by atoms with Crippen molar-refractivity contribution < 1.29 is 4.84 Å². The molecule has 2 unspecified atom stereocenters. The van der Waals surface area contributed by atoms with Crippen molar-refractivity contribution in [3.05, 3.63) is 34.9 Å². The molecule has 1 aliphatic rings. The summed E-state index contributed by atoms with van der Waals surface area (Å²) in [6, 6.07) is 7.60. The Bertz CT molecular complexity index is 390. The van der Waals surface area contributed by atoms with Gasteiger partial charge in [-0.3, -0.25) is 0 Å². The predicted molar refractivity (Wildman–Crippen MR) is 62.8 cm³/mol. The summed E-state index contributed by atoms with van der Waals surface area (Å²) in [5, 5.41) is 4.67. The van der Waals surface area contributed by atoms with Crippen molar-refractivity contribution in [3.8, 4) is 0 Å². The van der Waals surface area contributed by atoms with Crippen molar-refractivity contribution in [2.24, 2.45) is 5.16 Å². The van der Waals surface area contributed by atoms with Gasteiger partial charge in [-0.05, 0) is 13.0 Å². The topological polar surface area (TPSA) is 21.6 Å². The Morgan fingerprint density at radius 3 is 2.80 bits per heavy atom. The summed E-state index contributed by atoms with van der Waals surface area (Å²) in [4.78, 5) is 5.23. The first-order chi connectivity index (χ1) is 7.18. The van der Waals surface area contributed by atoms with Gasteiger partial charge in [0.25, 0.3) is 0 Å². The molecule has 15 heavy (non-hydrogen) atoms. The molecule has 0 aliphatic carbocycles. The molecule has 0 N–H and O–H groups in total. The molecule has 4 heteroatoms. The summed E-state index contributed by atoms with van der Waals surface area (Å²) in [5.74, 6) is 0. The number of hydrogen-bond acceptors (Lipinski definition) is 2. The molecule has 1 aromatic carbocycles. The minimum absolute atomic E-state index is 0.0436. The highest BCUT2D eigenvalue weighted by molar-refractivity contribution is 6.34. The lowest BCUT2D eigenvalue weighted by molar-refractivity contribution is 0.0855. The molecule has 0 spiro atoms. The first-order valence-corrected chi connectivity index (χ1v) is 5.61. The van der Waals surface area contributed by atoms with Crippen molar-refractivity contribution in [1.82, 2.24) is 0 Å². The fourth-order valence-electron chi connectivity index (χ4n) is 1.50. The third-order valence-corrected chi connectivity index (χ3v) is 3.00. The Labute approximate surface area is 98.8 Å². The Morgan fingerprint density at radius 2 is 2.20 bits per heavy atom. The molecule has 2 nitrogen and oxygen atoms in total. The van der Waals surface area contributed by atoms with Crippen molar-refractivity contribution in [2.75, 3.05) is 0 Å². The second-order valence-electron chi connectivity index (χ2n) is 3.54. The first kappa shape index (κ1) is 10.8. The zero-order chi connectivity index (χ0) is 10.8. The molecule has 2 atom stereocenters. The molecule has 1 heterocycles. The maximum Gasteiger partial charge on any atom is 0.149 e. The zero-order valence-corrected chi connectivity index (χ0v) is 9.79. The highest BCUT2D eigenvalue weighted by atomic mass is 35.5. The molecule has 0 amide bonds. The van der Waals surface area contributed by atoms with E-state index >= 15 is 0 Å². The molecule has 80 valence electrons. The highest BCUT2D eigenvalue weighted by Crippen LogP contribution is 2.25. The zero-order valence-electron chi connectivity index (χ0n) is 8.28. The van der Waals surface area contributed by atoms with Gasteiger partial charge in [0.15, 0.2) is 0 Å². The Hall–Kier alpha value is -0.730. The third-order valence-electron chi connectivity index (χ3n) is 2.39. The van der Waals surface area contributed by atoms with Crippen LogP contribution in [-0.2, 0) is 4.84 Å². The predicted octanol–water partition coefficient (Wildman–Crippen LogP) is 3.46. The van der Waals surface area contributed by atoms with Gasteiger partial charge >= 0.3 is 0 Å². The maximum absolute atomic E-state index is 6.06. The fourth-order valence-corrected chi connectivity index (χ4v) is 1.88. The lowest BCUT2D eigenvalue weighted by Crippen LogP contribution is -2.18. The molecule has 0 bridgehead atoms. The van der Waals surface area contributed by atoms with E-state index < -0.39 is 0 Å². The number of oxime groups is 1. The van der Waals surface area contributed by atoms with E-state index in [0.717, 1.165) is 11.3 Å². The molecule has 2 rings (SSSR count). The van der Waals surface area contributed by atoms with Crippen LogP contribution in [0.1, 0.15) is 18.9 Å². The van der Waals surface area contributed by atoms with Gasteiger partial charge in [-0.15, -0.1) is 11.6 Å². The van der Waals surface area contributed by atoms with E-state index in [9.17, 15) is 0 Å². The van der Waals surface area contributed by atoms with E-state index in [1.54, 1.807) is 0 Å². The van der Waals surface area contributed by atoms with Crippen molar-refractivity contribution >= 4 is 28.9 Å². The second kappa shape index (κ2) is 4.42. The number of alkyl halides is 1. The van der Waals surface area contributed by atoms with Gasteiger partial charge < -0.3 is 4.84 Å². The van der Waals surface area contributed by atoms with Gasteiger partial charge in [0.1, 0.15) is 6.10 Å². The van der Waals surface area contributed by atoms with Crippen LogP contribution in [0.2, 0.25) is 5.02 Å². The van der Waals surface area contributed by atoms with E-state index in [4.69, 9.17) is 28.0 Å². The molecule has 0 fully saturated rings. The molecule has 0 aromatic heterocycles. The number of nitrogens with zero attached hydrogens (tertiary/aromatic N) is 1. The smallest absolute Gasteiger partial charge is 0.149 e. The van der Waals surface area contributed by atoms with Gasteiger partial charge in [-0.25, -0.2) is 0 Å². The SMILES string of the molecule is CC(Cl)C1CC(c2ccccc2Cl)=NO1. The average Bonchev–Trinajstić information content (AvgIpc) is 2.67. The van der Waals surface area contributed by atoms with E-state index in [-0.39, 0.29) is 11.5 Å². The standard InChI is InChI=1S/C11H11Cl2NO/c1-7(12)11-6-10(14-15-11)8-4-2-3-5-9(8)13/h2-5,7,11H,6H2,1H3. The summed E-state index contributed by atoms with van der Waals surface area (Å²) in [6.45, 7) is 1.90. The van der Waals surface area contributed by atoms with Gasteiger partial charge in [-0.2, -0.15) is 0 Å². The van der Waals surface area contributed by atoms with E-state index in [1.807, 2.05) is 31.2 Å². The summed E-state index contributed by atoms with van der Waals surface area (Å²) >= 11 is 12.0. The minimum Gasteiger partial charge on any atom is -0.390 e. The molecule has 0 radical (unpaired) electrons. The largest absolute Gasteiger partial charge is 0.390 e. The summed E-state index contributed by atoms with van der Waals surface area (Å²) in [7, 11) is 0. The van der Waals surface area contributed by atoms with Crippen LogP contribution < -0.4 is 0 Å². The molecular weight excluding hydrogens is 233 g/mol. The molecule has 1 aromatic rings. The number of halogens is 2. The number of hydrogen-bond donors (Lipinski definition) is 0. The van der Waals surface area contributed by atoms with Crippen LogP contribution in [0.15, 0.2) is 29.4 Å². The molecule has 0 saturated carbocycles. The summed E-state index contributed by atoms with van der Waals surface area (Å²) in [6.07, 6.45) is 0.673. The van der Waals surface area contributed by atoms with Crippen LogP contribution in [0.5, 0.6) is 0 Å². The number of benzene rings is 1. The summed E-state index contributed by atoms with van der Waals surface area (Å²) in [5.41, 5.74) is 1.80. The van der Waals surface area contributed by atoms with E-state index in [2.05, 4.69) is 5.16 Å². The molecule has 0 saturated heterocycles. The third kappa shape index (κ3) is 2.27. The lowest BCUT2D eigenvalue weighted by atomic mass is 10.0. The first-order valence-electron chi connectivity index (χ1n) is 4.80. The van der Waals surface area contributed by atoms with Crippen LogP contribution in [-0.4, -0.2) is 17.2 Å². The van der Waals surface area contributed by atoms with Gasteiger partial charge in [0.2, 0.25) is 0 Å². The Morgan fingerprint density at radius 1 is 1.47 bits per heavy atom. The van der Waals surface area contributed by atoms with E-state index in [0.29, 0.717) is 11.4 Å². The maximum atomic E-state index is 6.06. The summed E-state index contributed by atoms with van der Waals surface area (Å²) < 4.78 is 0. The van der Waals surface area contributed by atoms with Crippen molar-refractivity contribution in [3.63, 3.8) is 0 Å². The lowest BCUT2D eigenvalue weighted by Gasteiger charge is -2.09. The monoisotopic (exact) mass is 243 g/mol. The molecular formula is C11H11Cl2NO. The Balaban J connectivity index is 2.18. The van der Waals surface area contributed by atoms with Crippen LogP contribution in [0.25, 0.3) is 0 Å². The van der Waals surface area contributed by atoms with Crippen LogP contribution in [0.4, 0.5) is 0 Å². The Kier molecular flexibility index (Phi) is 3.17. The quantitative estimate of drug-likeness (QED) is 0.730. The van der Waals surface area contributed by atoms with Gasteiger partial charge in [-0.1, -0.05) is 35.0 Å².